The lowest BCUT2D eigenvalue weighted by Crippen LogP contribution is -2.01. The number of aryl methyl sites for hydroxylation is 2. The number of ether oxygens (including phenoxy) is 1. The van der Waals surface area contributed by atoms with E-state index in [4.69, 9.17) is 0 Å². The molecule has 116 valence electrons. The number of carbonyl (C=O) groups is 1. The molecule has 0 aromatic carbocycles. The summed E-state index contributed by atoms with van der Waals surface area (Å²) in [6.45, 7) is 2.23. The van der Waals surface area contributed by atoms with Crippen LogP contribution in [0.3, 0.4) is 0 Å². The van der Waals surface area contributed by atoms with Crippen molar-refractivity contribution in [3.8, 4) is 0 Å². The molecule has 0 amide bonds. The summed E-state index contributed by atoms with van der Waals surface area (Å²) in [4.78, 5) is 16.9. The van der Waals surface area contributed by atoms with E-state index in [0.29, 0.717) is 6.42 Å². The molecule has 0 fully saturated rings. The molecule has 2 aromatic heterocycles. The maximum atomic E-state index is 11.1. The van der Waals surface area contributed by atoms with E-state index in [2.05, 4.69) is 32.6 Å². The standard InChI is InChI=1S/C16H24N2O2S/c1-3-4-5-6-8-13-11-18-14(12-21-16(18)17-13)9-7-10-15(19)20-2/h11-12H,3-10H2,1-2H3. The monoisotopic (exact) mass is 308 g/mol. The summed E-state index contributed by atoms with van der Waals surface area (Å²) < 4.78 is 6.85. The van der Waals surface area contributed by atoms with Crippen molar-refractivity contribution in [2.75, 3.05) is 7.11 Å². The molecule has 4 nitrogen and oxygen atoms in total. The van der Waals surface area contributed by atoms with Gasteiger partial charge in [0, 0.05) is 23.7 Å². The van der Waals surface area contributed by atoms with Crippen LogP contribution in [0.4, 0.5) is 0 Å². The SMILES string of the molecule is CCCCCCc1cn2c(CCCC(=O)OC)csc2n1. The van der Waals surface area contributed by atoms with Crippen LogP contribution in [0.5, 0.6) is 0 Å². The van der Waals surface area contributed by atoms with Crippen molar-refractivity contribution < 1.29 is 9.53 Å². The minimum atomic E-state index is -0.135. The van der Waals surface area contributed by atoms with Crippen LogP contribution in [0.25, 0.3) is 4.96 Å². The van der Waals surface area contributed by atoms with Gasteiger partial charge in [0.15, 0.2) is 4.96 Å². The van der Waals surface area contributed by atoms with Gasteiger partial charge in [-0.05, 0) is 25.7 Å². The number of hydrogen-bond acceptors (Lipinski definition) is 4. The summed E-state index contributed by atoms with van der Waals surface area (Å²) >= 11 is 1.68. The molecule has 21 heavy (non-hydrogen) atoms. The predicted octanol–water partition coefficient (Wildman–Crippen LogP) is 4.01. The molecule has 0 saturated carbocycles. The number of nitrogens with zero attached hydrogens (tertiary/aromatic N) is 2. The van der Waals surface area contributed by atoms with Gasteiger partial charge < -0.3 is 4.74 Å². The molecule has 0 bridgehead atoms. The average Bonchev–Trinajstić information content (AvgIpc) is 3.04. The van der Waals surface area contributed by atoms with Gasteiger partial charge in [-0.2, -0.15) is 0 Å². The van der Waals surface area contributed by atoms with Gasteiger partial charge in [0.2, 0.25) is 0 Å². The topological polar surface area (TPSA) is 43.6 Å². The van der Waals surface area contributed by atoms with Crippen LogP contribution >= 0.6 is 11.3 Å². The number of carbonyl (C=O) groups excluding carboxylic acids is 1. The first-order valence-corrected chi connectivity index (χ1v) is 8.63. The summed E-state index contributed by atoms with van der Waals surface area (Å²) in [5, 5.41) is 2.14. The second-order valence-electron chi connectivity index (χ2n) is 5.35. The van der Waals surface area contributed by atoms with E-state index in [1.807, 2.05) is 0 Å². The van der Waals surface area contributed by atoms with Crippen LogP contribution in [0.15, 0.2) is 11.6 Å². The van der Waals surface area contributed by atoms with Crippen molar-refractivity contribution in [3.05, 3.63) is 23.0 Å². The largest absolute Gasteiger partial charge is 0.469 e. The highest BCUT2D eigenvalue weighted by Crippen LogP contribution is 2.19. The molecule has 0 aliphatic rings. The first kappa shape index (κ1) is 16.0. The van der Waals surface area contributed by atoms with Gasteiger partial charge in [0.25, 0.3) is 0 Å². The lowest BCUT2D eigenvalue weighted by Gasteiger charge is -1.99. The summed E-state index contributed by atoms with van der Waals surface area (Å²) in [5.41, 5.74) is 2.43. The number of imidazole rings is 1. The number of unbranched alkanes of at least 4 members (excludes halogenated alkanes) is 3. The molecule has 0 unspecified atom stereocenters. The zero-order valence-corrected chi connectivity index (χ0v) is 13.7. The molecule has 2 heterocycles. The van der Waals surface area contributed by atoms with Gasteiger partial charge >= 0.3 is 5.97 Å². The molecule has 5 heteroatoms. The summed E-state index contributed by atoms with van der Waals surface area (Å²) in [5.74, 6) is -0.135. The third-order valence-electron chi connectivity index (χ3n) is 3.66. The molecule has 0 saturated heterocycles. The lowest BCUT2D eigenvalue weighted by atomic mass is 10.1. The van der Waals surface area contributed by atoms with E-state index in [-0.39, 0.29) is 5.97 Å². The van der Waals surface area contributed by atoms with Crippen LogP contribution in [-0.2, 0) is 22.4 Å². The molecule has 2 rings (SSSR count). The Kier molecular flexibility index (Phi) is 6.23. The van der Waals surface area contributed by atoms with Gasteiger partial charge in [-0.3, -0.25) is 9.20 Å². The van der Waals surface area contributed by atoms with Crippen LogP contribution in [0.2, 0.25) is 0 Å². The van der Waals surface area contributed by atoms with E-state index in [0.717, 1.165) is 24.2 Å². The van der Waals surface area contributed by atoms with Gasteiger partial charge in [-0.15, -0.1) is 11.3 Å². The van der Waals surface area contributed by atoms with Crippen molar-refractivity contribution in [1.82, 2.24) is 9.38 Å². The van der Waals surface area contributed by atoms with E-state index in [1.54, 1.807) is 11.3 Å². The number of rotatable bonds is 9. The second kappa shape index (κ2) is 8.17. The second-order valence-corrected chi connectivity index (χ2v) is 6.19. The first-order valence-electron chi connectivity index (χ1n) is 7.75. The fraction of sp³-hybridized carbons (Fsp3) is 0.625. The number of hydrogen-bond donors (Lipinski definition) is 0. The molecule has 0 radical (unpaired) electrons. The van der Waals surface area contributed by atoms with E-state index in [9.17, 15) is 4.79 Å². The van der Waals surface area contributed by atoms with Crippen LogP contribution in [0.1, 0.15) is 56.8 Å². The number of aromatic nitrogens is 2. The normalized spacial score (nSPS) is 11.1. The number of thiazole rings is 1. The highest BCUT2D eigenvalue weighted by atomic mass is 32.1. The molecule has 0 atom stereocenters. The van der Waals surface area contributed by atoms with Crippen molar-refractivity contribution in [2.24, 2.45) is 0 Å². The van der Waals surface area contributed by atoms with Gasteiger partial charge in [0.1, 0.15) is 0 Å². The molecule has 0 aliphatic heterocycles. The highest BCUT2D eigenvalue weighted by Gasteiger charge is 2.09. The fourth-order valence-corrected chi connectivity index (χ4v) is 3.35. The first-order chi connectivity index (χ1) is 10.2. The van der Waals surface area contributed by atoms with E-state index >= 15 is 0 Å². The van der Waals surface area contributed by atoms with Crippen LogP contribution < -0.4 is 0 Å². The molecule has 0 spiro atoms. The Morgan fingerprint density at radius 1 is 1.29 bits per heavy atom. The Morgan fingerprint density at radius 2 is 2.14 bits per heavy atom. The van der Waals surface area contributed by atoms with Crippen LogP contribution in [-0.4, -0.2) is 22.5 Å². The van der Waals surface area contributed by atoms with Gasteiger partial charge in [0.05, 0.1) is 12.8 Å². The van der Waals surface area contributed by atoms with E-state index in [1.165, 1.54) is 44.2 Å². The molecule has 0 N–H and O–H groups in total. The summed E-state index contributed by atoms with van der Waals surface area (Å²) in [7, 11) is 1.44. The fourth-order valence-electron chi connectivity index (χ4n) is 2.42. The molecule has 0 aliphatic carbocycles. The highest BCUT2D eigenvalue weighted by molar-refractivity contribution is 7.15. The maximum Gasteiger partial charge on any atom is 0.305 e. The van der Waals surface area contributed by atoms with Crippen molar-refractivity contribution in [3.63, 3.8) is 0 Å². The zero-order chi connectivity index (χ0) is 15.1. The quantitative estimate of drug-likeness (QED) is 0.519. The molecular weight excluding hydrogens is 284 g/mol. The minimum Gasteiger partial charge on any atom is -0.469 e. The minimum absolute atomic E-state index is 0.135. The number of esters is 1. The maximum absolute atomic E-state index is 11.1. The van der Waals surface area contributed by atoms with Crippen molar-refractivity contribution >= 4 is 22.3 Å². The van der Waals surface area contributed by atoms with E-state index < -0.39 is 0 Å². The zero-order valence-electron chi connectivity index (χ0n) is 12.9. The van der Waals surface area contributed by atoms with Crippen molar-refractivity contribution in [1.29, 1.82) is 0 Å². The van der Waals surface area contributed by atoms with Crippen molar-refractivity contribution in [2.45, 2.75) is 58.3 Å². The number of methoxy groups -OCH3 is 1. The Hall–Kier alpha value is -1.36. The number of fused-ring (bicyclic) bond motifs is 1. The van der Waals surface area contributed by atoms with Gasteiger partial charge in [-0.25, -0.2) is 4.98 Å². The Bertz CT molecular complexity index is 574. The Labute approximate surface area is 130 Å². The Balaban J connectivity index is 1.89. The molecular formula is C16H24N2O2S. The summed E-state index contributed by atoms with van der Waals surface area (Å²) in [6.07, 6.45) is 10.5. The predicted molar refractivity (Wildman–Crippen MR) is 85.9 cm³/mol. The third-order valence-corrected chi connectivity index (χ3v) is 4.55. The van der Waals surface area contributed by atoms with Gasteiger partial charge in [-0.1, -0.05) is 26.2 Å². The lowest BCUT2D eigenvalue weighted by molar-refractivity contribution is -0.140. The Morgan fingerprint density at radius 3 is 2.90 bits per heavy atom. The molecule has 2 aromatic rings. The average molecular weight is 308 g/mol. The van der Waals surface area contributed by atoms with Crippen LogP contribution in [0, 0.1) is 0 Å². The summed E-state index contributed by atoms with van der Waals surface area (Å²) in [6, 6.07) is 0. The third kappa shape index (κ3) is 4.56. The smallest absolute Gasteiger partial charge is 0.305 e.